The lowest BCUT2D eigenvalue weighted by atomic mass is 10.1. The van der Waals surface area contributed by atoms with E-state index in [1.807, 2.05) is 0 Å². The molecule has 0 aliphatic carbocycles. The van der Waals surface area contributed by atoms with Gasteiger partial charge in [-0.3, -0.25) is 0 Å². The highest BCUT2D eigenvalue weighted by atomic mass is 16.4. The van der Waals surface area contributed by atoms with Gasteiger partial charge in [-0.1, -0.05) is 47.6 Å². The average Bonchev–Trinajstić information content (AvgIpc) is 2.13. The standard InChI is InChI=1S/C12H27N.C4H6O2/c1-10(2)7-13(8-11(3)4)9-12(5)6;1-2-3-4(5)6/h10-12H,7-9H2,1-6H3;2-3H,1H3,(H,5,6). The predicted molar refractivity (Wildman–Crippen MR) is 83.4 cm³/mol. The van der Waals surface area contributed by atoms with Crippen molar-refractivity contribution in [1.29, 1.82) is 0 Å². The van der Waals surface area contributed by atoms with E-state index in [1.54, 1.807) is 6.92 Å². The Hall–Kier alpha value is -0.830. The van der Waals surface area contributed by atoms with Gasteiger partial charge in [0.05, 0.1) is 0 Å². The van der Waals surface area contributed by atoms with Crippen LogP contribution in [-0.2, 0) is 4.79 Å². The van der Waals surface area contributed by atoms with E-state index >= 15 is 0 Å². The summed E-state index contributed by atoms with van der Waals surface area (Å²) < 4.78 is 0. The SMILES string of the molecule is CC(C)CN(CC(C)C)CC(C)C.CC=CC(=O)O. The molecule has 0 aromatic rings. The van der Waals surface area contributed by atoms with Gasteiger partial charge < -0.3 is 10.0 Å². The Morgan fingerprint density at radius 3 is 1.37 bits per heavy atom. The van der Waals surface area contributed by atoms with Gasteiger partial charge in [0.25, 0.3) is 0 Å². The molecule has 0 aromatic heterocycles. The molecule has 0 bridgehead atoms. The van der Waals surface area contributed by atoms with Gasteiger partial charge in [0.1, 0.15) is 0 Å². The molecular formula is C16H33NO2. The summed E-state index contributed by atoms with van der Waals surface area (Å²) in [5, 5.41) is 7.83. The van der Waals surface area contributed by atoms with Gasteiger partial charge in [-0.2, -0.15) is 0 Å². The largest absolute Gasteiger partial charge is 0.478 e. The van der Waals surface area contributed by atoms with Crippen molar-refractivity contribution in [3.05, 3.63) is 12.2 Å². The molecule has 0 aliphatic rings. The third kappa shape index (κ3) is 19.7. The van der Waals surface area contributed by atoms with Crippen molar-refractivity contribution >= 4 is 5.97 Å². The summed E-state index contributed by atoms with van der Waals surface area (Å²) in [6, 6.07) is 0. The molecule has 0 saturated carbocycles. The van der Waals surface area contributed by atoms with Gasteiger partial charge in [0.2, 0.25) is 0 Å². The van der Waals surface area contributed by atoms with Gasteiger partial charge in [0, 0.05) is 25.7 Å². The molecule has 0 saturated heterocycles. The third-order valence-electron chi connectivity index (χ3n) is 2.18. The van der Waals surface area contributed by atoms with Crippen LogP contribution in [0.4, 0.5) is 0 Å². The highest BCUT2D eigenvalue weighted by Gasteiger charge is 2.10. The first-order valence-corrected chi connectivity index (χ1v) is 7.26. The number of allylic oxidation sites excluding steroid dienone is 1. The number of aliphatic carboxylic acids is 1. The maximum absolute atomic E-state index is 9.51. The number of carbonyl (C=O) groups is 1. The second kappa shape index (κ2) is 12.2. The molecule has 0 spiro atoms. The summed E-state index contributed by atoms with van der Waals surface area (Å²) in [7, 11) is 0. The quantitative estimate of drug-likeness (QED) is 0.714. The van der Waals surface area contributed by atoms with Crippen molar-refractivity contribution in [2.24, 2.45) is 17.8 Å². The molecule has 1 N–H and O–H groups in total. The van der Waals surface area contributed by atoms with Crippen molar-refractivity contribution in [2.75, 3.05) is 19.6 Å². The highest BCUT2D eigenvalue weighted by Crippen LogP contribution is 2.06. The van der Waals surface area contributed by atoms with E-state index < -0.39 is 5.97 Å². The molecule has 0 heterocycles. The number of rotatable bonds is 7. The minimum absolute atomic E-state index is 0.789. The smallest absolute Gasteiger partial charge is 0.327 e. The van der Waals surface area contributed by atoms with E-state index in [9.17, 15) is 4.79 Å². The zero-order valence-electron chi connectivity index (χ0n) is 13.8. The van der Waals surface area contributed by atoms with Gasteiger partial charge in [0.15, 0.2) is 0 Å². The fraction of sp³-hybridized carbons (Fsp3) is 0.812. The fourth-order valence-electron chi connectivity index (χ4n) is 1.92. The Balaban J connectivity index is 0. The summed E-state index contributed by atoms with van der Waals surface area (Å²) in [6.45, 7) is 19.2. The van der Waals surface area contributed by atoms with Gasteiger partial charge in [-0.05, 0) is 24.7 Å². The average molecular weight is 271 g/mol. The summed E-state index contributed by atoms with van der Waals surface area (Å²) in [5.41, 5.74) is 0. The normalized spacial score (nSPS) is 11.5. The van der Waals surface area contributed by atoms with Gasteiger partial charge in [-0.15, -0.1) is 0 Å². The molecule has 0 fully saturated rings. The van der Waals surface area contributed by atoms with Crippen molar-refractivity contribution in [3.8, 4) is 0 Å². The molecule has 0 unspecified atom stereocenters. The minimum atomic E-state index is -0.891. The number of carboxylic acid groups (broad SMARTS) is 1. The Labute approximate surface area is 119 Å². The lowest BCUT2D eigenvalue weighted by molar-refractivity contribution is -0.131. The van der Waals surface area contributed by atoms with Crippen LogP contribution in [0.5, 0.6) is 0 Å². The second-order valence-corrected chi connectivity index (χ2v) is 6.24. The van der Waals surface area contributed by atoms with Crippen LogP contribution in [0, 0.1) is 17.8 Å². The zero-order valence-corrected chi connectivity index (χ0v) is 13.8. The number of nitrogens with zero attached hydrogens (tertiary/aromatic N) is 1. The summed E-state index contributed by atoms with van der Waals surface area (Å²) in [4.78, 5) is 12.1. The van der Waals surface area contributed by atoms with Crippen LogP contribution >= 0.6 is 0 Å². The molecule has 0 aromatic carbocycles. The van der Waals surface area contributed by atoms with E-state index in [-0.39, 0.29) is 0 Å². The topological polar surface area (TPSA) is 40.5 Å². The van der Waals surface area contributed by atoms with Crippen molar-refractivity contribution in [2.45, 2.75) is 48.5 Å². The van der Waals surface area contributed by atoms with E-state index in [0.29, 0.717) is 0 Å². The Morgan fingerprint density at radius 2 is 1.26 bits per heavy atom. The van der Waals surface area contributed by atoms with E-state index in [2.05, 4.69) is 46.4 Å². The molecule has 0 aliphatic heterocycles. The maximum atomic E-state index is 9.51. The van der Waals surface area contributed by atoms with Crippen molar-refractivity contribution in [3.63, 3.8) is 0 Å². The highest BCUT2D eigenvalue weighted by molar-refractivity contribution is 5.79. The first-order valence-electron chi connectivity index (χ1n) is 7.26. The van der Waals surface area contributed by atoms with E-state index in [4.69, 9.17) is 5.11 Å². The lowest BCUT2D eigenvalue weighted by Crippen LogP contribution is -2.34. The van der Waals surface area contributed by atoms with Gasteiger partial charge >= 0.3 is 5.97 Å². The van der Waals surface area contributed by atoms with E-state index in [1.165, 1.54) is 25.7 Å². The van der Waals surface area contributed by atoms with Crippen LogP contribution in [-0.4, -0.2) is 35.6 Å². The van der Waals surface area contributed by atoms with Crippen LogP contribution in [0.1, 0.15) is 48.5 Å². The minimum Gasteiger partial charge on any atom is -0.478 e. The van der Waals surface area contributed by atoms with Crippen LogP contribution in [0.3, 0.4) is 0 Å². The van der Waals surface area contributed by atoms with Crippen LogP contribution in [0.25, 0.3) is 0 Å². The number of carboxylic acids is 1. The molecule has 0 rings (SSSR count). The lowest BCUT2D eigenvalue weighted by Gasteiger charge is -2.27. The zero-order chi connectivity index (χ0) is 15.4. The van der Waals surface area contributed by atoms with Crippen molar-refractivity contribution < 1.29 is 9.90 Å². The molecule has 0 atom stereocenters. The Morgan fingerprint density at radius 1 is 0.947 bits per heavy atom. The molecule has 114 valence electrons. The molecule has 19 heavy (non-hydrogen) atoms. The first-order chi connectivity index (χ1) is 8.68. The Kier molecular flexibility index (Phi) is 13.2. The first kappa shape index (κ1) is 20.5. The second-order valence-electron chi connectivity index (χ2n) is 6.24. The fourth-order valence-corrected chi connectivity index (χ4v) is 1.92. The molecule has 0 radical (unpaired) electrons. The Bertz CT molecular complexity index is 221. The monoisotopic (exact) mass is 271 g/mol. The van der Waals surface area contributed by atoms with Gasteiger partial charge in [-0.25, -0.2) is 4.79 Å². The molecule has 3 nitrogen and oxygen atoms in total. The third-order valence-corrected chi connectivity index (χ3v) is 2.18. The maximum Gasteiger partial charge on any atom is 0.327 e. The predicted octanol–water partition coefficient (Wildman–Crippen LogP) is 3.90. The number of hydrogen-bond acceptors (Lipinski definition) is 2. The molecule has 3 heteroatoms. The molecule has 0 amide bonds. The van der Waals surface area contributed by atoms with Crippen LogP contribution < -0.4 is 0 Å². The summed E-state index contributed by atoms with van der Waals surface area (Å²) in [6.07, 6.45) is 2.56. The van der Waals surface area contributed by atoms with Crippen LogP contribution in [0.2, 0.25) is 0 Å². The summed E-state index contributed by atoms with van der Waals surface area (Å²) >= 11 is 0. The van der Waals surface area contributed by atoms with Crippen molar-refractivity contribution in [1.82, 2.24) is 4.90 Å². The van der Waals surface area contributed by atoms with E-state index in [0.717, 1.165) is 23.8 Å². The summed E-state index contributed by atoms with van der Waals surface area (Å²) in [5.74, 6) is 1.48. The molecular weight excluding hydrogens is 238 g/mol. The van der Waals surface area contributed by atoms with Crippen LogP contribution in [0.15, 0.2) is 12.2 Å². The number of hydrogen-bond donors (Lipinski definition) is 1.